The van der Waals surface area contributed by atoms with E-state index in [0.29, 0.717) is 17.3 Å². The molecule has 0 spiro atoms. The molecule has 1 aliphatic rings. The summed E-state index contributed by atoms with van der Waals surface area (Å²) in [6.45, 7) is 0. The lowest BCUT2D eigenvalue weighted by Gasteiger charge is -2.13. The maximum atomic E-state index is 8.58. The van der Waals surface area contributed by atoms with Gasteiger partial charge in [-0.2, -0.15) is 0 Å². The quantitative estimate of drug-likeness (QED) is 0.284. The van der Waals surface area contributed by atoms with E-state index in [2.05, 4.69) is 10.1 Å². The highest BCUT2D eigenvalue weighted by Gasteiger charge is 2.43. The van der Waals surface area contributed by atoms with Crippen molar-refractivity contribution in [1.82, 2.24) is 4.98 Å². The van der Waals surface area contributed by atoms with Crippen molar-refractivity contribution in [2.75, 3.05) is 5.75 Å². The minimum atomic E-state index is 0.168. The van der Waals surface area contributed by atoms with Crippen molar-refractivity contribution in [1.29, 1.82) is 0 Å². The molecule has 0 saturated heterocycles. The van der Waals surface area contributed by atoms with Gasteiger partial charge in [0, 0.05) is 18.4 Å². The highest BCUT2D eigenvalue weighted by molar-refractivity contribution is 7.99. The van der Waals surface area contributed by atoms with Crippen molar-refractivity contribution in [2.45, 2.75) is 24.3 Å². The van der Waals surface area contributed by atoms with E-state index in [1.165, 1.54) is 0 Å². The first-order valence-electron chi connectivity index (χ1n) is 5.35. The molecule has 0 unspecified atom stereocenters. The minimum absolute atomic E-state index is 0.168. The summed E-state index contributed by atoms with van der Waals surface area (Å²) in [5.74, 6) is 1.20. The lowest BCUT2D eigenvalue weighted by Crippen LogP contribution is -2.19. The predicted octanol–water partition coefficient (Wildman–Crippen LogP) is 2.74. The van der Waals surface area contributed by atoms with Gasteiger partial charge in [0.1, 0.15) is 10.9 Å². The average molecular weight is 272 g/mol. The molecule has 6 heteroatoms. The van der Waals surface area contributed by atoms with Crippen molar-refractivity contribution in [3.8, 4) is 0 Å². The van der Waals surface area contributed by atoms with E-state index in [-0.39, 0.29) is 5.41 Å². The van der Waals surface area contributed by atoms with Gasteiger partial charge in [-0.15, -0.1) is 11.8 Å². The fraction of sp³-hybridized carbons (Fsp3) is 0.455. The van der Waals surface area contributed by atoms with Crippen molar-refractivity contribution in [3.05, 3.63) is 23.4 Å². The molecule has 0 atom stereocenters. The third kappa shape index (κ3) is 3.26. The van der Waals surface area contributed by atoms with Gasteiger partial charge in [0.05, 0.1) is 5.02 Å². The Morgan fingerprint density at radius 1 is 1.65 bits per heavy atom. The molecule has 1 aromatic heterocycles. The lowest BCUT2D eigenvalue weighted by molar-refractivity contribution is 0.315. The standard InChI is InChI=1S/C11H14ClN3OS/c12-8-2-1-5-14-10(8)17-7-11(3-4-11)6-9(13)15-16/h1-2,5,16H,3-4,6-7H2,(H2,13,15). The molecular formula is C11H14ClN3OS. The summed E-state index contributed by atoms with van der Waals surface area (Å²) in [5.41, 5.74) is 5.72. The van der Waals surface area contributed by atoms with Crippen LogP contribution in [0.25, 0.3) is 0 Å². The predicted molar refractivity (Wildman–Crippen MR) is 69.7 cm³/mol. The Hall–Kier alpha value is -0.940. The van der Waals surface area contributed by atoms with Gasteiger partial charge < -0.3 is 10.9 Å². The number of pyridine rings is 1. The highest BCUT2D eigenvalue weighted by Crippen LogP contribution is 2.52. The minimum Gasteiger partial charge on any atom is -0.409 e. The largest absolute Gasteiger partial charge is 0.409 e. The Bertz CT molecular complexity index is 434. The number of thioether (sulfide) groups is 1. The zero-order valence-corrected chi connectivity index (χ0v) is 10.8. The van der Waals surface area contributed by atoms with Crippen LogP contribution in [0.3, 0.4) is 0 Å². The van der Waals surface area contributed by atoms with E-state index < -0.39 is 0 Å². The van der Waals surface area contributed by atoms with Crippen molar-refractivity contribution < 1.29 is 5.21 Å². The number of nitrogens with two attached hydrogens (primary N) is 1. The van der Waals surface area contributed by atoms with E-state index in [1.807, 2.05) is 12.1 Å². The fourth-order valence-electron chi connectivity index (χ4n) is 1.67. The Balaban J connectivity index is 1.92. The smallest absolute Gasteiger partial charge is 0.139 e. The van der Waals surface area contributed by atoms with Crippen LogP contribution < -0.4 is 5.73 Å². The van der Waals surface area contributed by atoms with Gasteiger partial charge in [-0.3, -0.25) is 0 Å². The molecule has 0 aromatic carbocycles. The van der Waals surface area contributed by atoms with E-state index in [4.69, 9.17) is 22.5 Å². The molecule has 1 heterocycles. The summed E-state index contributed by atoms with van der Waals surface area (Å²) in [5, 5.41) is 13.1. The number of hydrogen-bond donors (Lipinski definition) is 2. The molecule has 2 rings (SSSR count). The zero-order chi connectivity index (χ0) is 12.3. The Morgan fingerprint density at radius 3 is 3.00 bits per heavy atom. The molecule has 0 bridgehead atoms. The van der Waals surface area contributed by atoms with Gasteiger partial charge >= 0.3 is 0 Å². The second-order valence-corrected chi connectivity index (χ2v) is 5.72. The third-order valence-corrected chi connectivity index (χ3v) is 4.65. The molecule has 17 heavy (non-hydrogen) atoms. The summed E-state index contributed by atoms with van der Waals surface area (Å²) >= 11 is 7.67. The van der Waals surface area contributed by atoms with Crippen molar-refractivity contribution >= 4 is 29.2 Å². The van der Waals surface area contributed by atoms with Crippen LogP contribution in [-0.4, -0.2) is 21.8 Å². The second-order valence-electron chi connectivity index (χ2n) is 4.35. The molecule has 1 aliphatic carbocycles. The Morgan fingerprint density at radius 2 is 2.41 bits per heavy atom. The Kier molecular flexibility index (Phi) is 3.79. The SMILES string of the molecule is NC(CC1(CSc2ncccc2Cl)CC1)=NO. The van der Waals surface area contributed by atoms with Crippen LogP contribution in [0, 0.1) is 5.41 Å². The van der Waals surface area contributed by atoms with Crippen LogP contribution in [-0.2, 0) is 0 Å². The first-order chi connectivity index (χ1) is 8.15. The van der Waals surface area contributed by atoms with E-state index in [9.17, 15) is 0 Å². The van der Waals surface area contributed by atoms with Gasteiger partial charge in [0.15, 0.2) is 0 Å². The van der Waals surface area contributed by atoms with Gasteiger partial charge in [-0.05, 0) is 30.4 Å². The molecule has 92 valence electrons. The van der Waals surface area contributed by atoms with Crippen LogP contribution in [0.2, 0.25) is 5.02 Å². The van der Waals surface area contributed by atoms with Gasteiger partial charge in [-0.25, -0.2) is 4.98 Å². The highest BCUT2D eigenvalue weighted by atomic mass is 35.5. The number of oxime groups is 1. The second kappa shape index (κ2) is 5.14. The first-order valence-corrected chi connectivity index (χ1v) is 6.71. The molecular weight excluding hydrogens is 258 g/mol. The monoisotopic (exact) mass is 271 g/mol. The molecule has 3 N–H and O–H groups in total. The van der Waals surface area contributed by atoms with Crippen LogP contribution in [0.5, 0.6) is 0 Å². The molecule has 1 aromatic rings. The molecule has 1 fully saturated rings. The topological polar surface area (TPSA) is 71.5 Å². The average Bonchev–Trinajstić information content (AvgIpc) is 3.08. The number of halogens is 1. The third-order valence-electron chi connectivity index (χ3n) is 2.88. The van der Waals surface area contributed by atoms with E-state index in [0.717, 1.165) is 23.6 Å². The van der Waals surface area contributed by atoms with Crippen LogP contribution in [0.1, 0.15) is 19.3 Å². The van der Waals surface area contributed by atoms with Crippen LogP contribution in [0.15, 0.2) is 28.5 Å². The summed E-state index contributed by atoms with van der Waals surface area (Å²) in [7, 11) is 0. The maximum absolute atomic E-state index is 8.58. The Labute approximate surface area is 109 Å². The first kappa shape index (κ1) is 12.5. The van der Waals surface area contributed by atoms with Gasteiger partial charge in [0.2, 0.25) is 0 Å². The maximum Gasteiger partial charge on any atom is 0.139 e. The van der Waals surface area contributed by atoms with Crippen molar-refractivity contribution in [2.24, 2.45) is 16.3 Å². The number of aromatic nitrogens is 1. The normalized spacial score (nSPS) is 18.1. The van der Waals surface area contributed by atoms with Crippen LogP contribution >= 0.6 is 23.4 Å². The molecule has 1 saturated carbocycles. The summed E-state index contributed by atoms with van der Waals surface area (Å²) in [6.07, 6.45) is 4.60. The summed E-state index contributed by atoms with van der Waals surface area (Å²) in [6, 6.07) is 3.65. The van der Waals surface area contributed by atoms with Crippen molar-refractivity contribution in [3.63, 3.8) is 0 Å². The number of hydrogen-bond acceptors (Lipinski definition) is 4. The number of amidine groups is 1. The lowest BCUT2D eigenvalue weighted by atomic mass is 10.1. The molecule has 0 aliphatic heterocycles. The summed E-state index contributed by atoms with van der Waals surface area (Å²) < 4.78 is 0. The number of rotatable bonds is 5. The van der Waals surface area contributed by atoms with E-state index in [1.54, 1.807) is 18.0 Å². The van der Waals surface area contributed by atoms with E-state index >= 15 is 0 Å². The molecule has 0 amide bonds. The zero-order valence-electron chi connectivity index (χ0n) is 9.27. The molecule has 4 nitrogen and oxygen atoms in total. The van der Waals surface area contributed by atoms with Gasteiger partial charge in [0.25, 0.3) is 0 Å². The fourth-order valence-corrected chi connectivity index (χ4v) is 3.13. The van der Waals surface area contributed by atoms with Gasteiger partial charge in [-0.1, -0.05) is 16.8 Å². The van der Waals surface area contributed by atoms with Crippen LogP contribution in [0.4, 0.5) is 0 Å². The number of nitrogens with zero attached hydrogens (tertiary/aromatic N) is 2. The summed E-state index contributed by atoms with van der Waals surface area (Å²) in [4.78, 5) is 4.23. The molecule has 0 radical (unpaired) electrons.